The summed E-state index contributed by atoms with van der Waals surface area (Å²) in [5, 5.41) is 8.91. The van der Waals surface area contributed by atoms with E-state index in [0.29, 0.717) is 0 Å². The van der Waals surface area contributed by atoms with Crippen LogP contribution in [0.25, 0.3) is 0 Å². The van der Waals surface area contributed by atoms with Crippen molar-refractivity contribution < 1.29 is 9.90 Å². The number of carboxylic acid groups (broad SMARTS) is 1. The van der Waals surface area contributed by atoms with Crippen LogP contribution in [0, 0.1) is 0 Å². The maximum absolute atomic E-state index is 10.9. The predicted octanol–water partition coefficient (Wildman–Crippen LogP) is 2.52. The molecule has 2 aromatic heterocycles. The topological polar surface area (TPSA) is 66.3 Å². The highest BCUT2D eigenvalue weighted by Gasteiger charge is 2.27. The van der Waals surface area contributed by atoms with Crippen LogP contribution < -0.4 is 4.90 Å². The molecule has 102 valence electrons. The number of carbonyl (C=O) groups is 1. The number of aromatic carboxylic acids is 1. The van der Waals surface area contributed by atoms with Crippen molar-refractivity contribution in [2.24, 2.45) is 0 Å². The van der Waals surface area contributed by atoms with E-state index in [1.807, 2.05) is 18.2 Å². The van der Waals surface area contributed by atoms with Gasteiger partial charge >= 0.3 is 5.97 Å². The quantitative estimate of drug-likeness (QED) is 0.927. The lowest BCUT2D eigenvalue weighted by Crippen LogP contribution is -2.24. The molecule has 1 aliphatic heterocycles. The number of nitrogens with zero attached hydrogens (tertiary/aromatic N) is 3. The van der Waals surface area contributed by atoms with Crippen molar-refractivity contribution >= 4 is 11.8 Å². The highest BCUT2D eigenvalue weighted by Crippen LogP contribution is 2.33. The van der Waals surface area contributed by atoms with E-state index >= 15 is 0 Å². The van der Waals surface area contributed by atoms with E-state index in [0.717, 1.165) is 30.9 Å². The van der Waals surface area contributed by atoms with Gasteiger partial charge in [0.05, 0.1) is 17.3 Å². The second kappa shape index (κ2) is 5.28. The van der Waals surface area contributed by atoms with Crippen molar-refractivity contribution in [2.45, 2.75) is 18.9 Å². The van der Waals surface area contributed by atoms with Gasteiger partial charge in [-0.2, -0.15) is 0 Å². The zero-order valence-electron chi connectivity index (χ0n) is 10.9. The first-order chi connectivity index (χ1) is 9.75. The van der Waals surface area contributed by atoms with Gasteiger partial charge < -0.3 is 10.0 Å². The van der Waals surface area contributed by atoms with Gasteiger partial charge in [0, 0.05) is 18.9 Å². The lowest BCUT2D eigenvalue weighted by Gasteiger charge is -2.25. The molecule has 0 spiro atoms. The molecule has 0 amide bonds. The molecule has 0 saturated carbocycles. The summed E-state index contributed by atoms with van der Waals surface area (Å²) in [6.45, 7) is 0.917. The monoisotopic (exact) mass is 269 g/mol. The second-order valence-corrected chi connectivity index (χ2v) is 4.82. The molecule has 2 aromatic rings. The Morgan fingerprint density at radius 2 is 2.15 bits per heavy atom. The van der Waals surface area contributed by atoms with Gasteiger partial charge in [0.15, 0.2) is 0 Å². The van der Waals surface area contributed by atoms with Gasteiger partial charge in [-0.1, -0.05) is 6.07 Å². The molecule has 5 heteroatoms. The summed E-state index contributed by atoms with van der Waals surface area (Å²) in [6.07, 6.45) is 5.33. The lowest BCUT2D eigenvalue weighted by atomic mass is 10.1. The average molecular weight is 269 g/mol. The molecule has 1 unspecified atom stereocenters. The largest absolute Gasteiger partial charge is 0.478 e. The van der Waals surface area contributed by atoms with Crippen molar-refractivity contribution in [1.82, 2.24) is 9.97 Å². The van der Waals surface area contributed by atoms with E-state index in [2.05, 4.69) is 14.9 Å². The normalized spacial score (nSPS) is 18.2. The van der Waals surface area contributed by atoms with Crippen LogP contribution in [0.2, 0.25) is 0 Å². The first-order valence-corrected chi connectivity index (χ1v) is 6.62. The van der Waals surface area contributed by atoms with Gasteiger partial charge in [0.25, 0.3) is 0 Å². The Balaban J connectivity index is 1.87. The molecule has 1 fully saturated rings. The third-order valence-corrected chi connectivity index (χ3v) is 3.57. The number of hydrogen-bond donors (Lipinski definition) is 1. The molecule has 1 aliphatic rings. The molecule has 0 aromatic carbocycles. The number of pyridine rings is 2. The van der Waals surface area contributed by atoms with Gasteiger partial charge in [-0.15, -0.1) is 0 Å². The number of rotatable bonds is 3. The fourth-order valence-electron chi connectivity index (χ4n) is 2.60. The van der Waals surface area contributed by atoms with Crippen LogP contribution in [0.5, 0.6) is 0 Å². The highest BCUT2D eigenvalue weighted by atomic mass is 16.4. The van der Waals surface area contributed by atoms with Crippen LogP contribution in [0.15, 0.2) is 42.7 Å². The Morgan fingerprint density at radius 1 is 1.25 bits per heavy atom. The van der Waals surface area contributed by atoms with Crippen LogP contribution in [0.4, 0.5) is 5.82 Å². The number of anilines is 1. The Bertz CT molecular complexity index is 598. The van der Waals surface area contributed by atoms with E-state index in [1.54, 1.807) is 18.3 Å². The zero-order valence-corrected chi connectivity index (χ0v) is 10.9. The minimum Gasteiger partial charge on any atom is -0.478 e. The summed E-state index contributed by atoms with van der Waals surface area (Å²) >= 11 is 0. The third-order valence-electron chi connectivity index (χ3n) is 3.57. The van der Waals surface area contributed by atoms with Crippen LogP contribution in [0.1, 0.15) is 34.9 Å². The molecule has 20 heavy (non-hydrogen) atoms. The fourth-order valence-corrected chi connectivity index (χ4v) is 2.60. The number of carboxylic acids is 1. The van der Waals surface area contributed by atoms with Gasteiger partial charge in [-0.25, -0.2) is 9.78 Å². The zero-order chi connectivity index (χ0) is 13.9. The second-order valence-electron chi connectivity index (χ2n) is 4.82. The Labute approximate surface area is 116 Å². The summed E-state index contributed by atoms with van der Waals surface area (Å²) in [4.78, 5) is 21.7. The maximum atomic E-state index is 10.9. The van der Waals surface area contributed by atoms with Crippen molar-refractivity contribution in [3.8, 4) is 0 Å². The maximum Gasteiger partial charge on any atom is 0.337 e. The van der Waals surface area contributed by atoms with Crippen molar-refractivity contribution in [3.05, 3.63) is 54.0 Å². The molecule has 3 rings (SSSR count). The Kier molecular flexibility index (Phi) is 3.33. The van der Waals surface area contributed by atoms with Crippen molar-refractivity contribution in [2.75, 3.05) is 11.4 Å². The molecule has 1 saturated heterocycles. The Hall–Kier alpha value is -2.43. The van der Waals surface area contributed by atoms with E-state index < -0.39 is 5.97 Å². The van der Waals surface area contributed by atoms with Crippen LogP contribution >= 0.6 is 0 Å². The van der Waals surface area contributed by atoms with E-state index in [-0.39, 0.29) is 11.6 Å². The fraction of sp³-hybridized carbons (Fsp3) is 0.267. The molecule has 0 radical (unpaired) electrons. The molecule has 0 bridgehead atoms. The summed E-state index contributed by atoms with van der Waals surface area (Å²) in [5.41, 5.74) is 1.25. The van der Waals surface area contributed by atoms with Crippen LogP contribution in [0.3, 0.4) is 0 Å². The molecular weight excluding hydrogens is 254 g/mol. The van der Waals surface area contributed by atoms with Gasteiger partial charge in [-0.05, 0) is 37.1 Å². The van der Waals surface area contributed by atoms with E-state index in [9.17, 15) is 4.79 Å². The summed E-state index contributed by atoms with van der Waals surface area (Å²) in [5.74, 6) is -0.144. The van der Waals surface area contributed by atoms with Crippen LogP contribution in [-0.4, -0.2) is 27.6 Å². The highest BCUT2D eigenvalue weighted by molar-refractivity contribution is 5.87. The number of hydrogen-bond acceptors (Lipinski definition) is 4. The first-order valence-electron chi connectivity index (χ1n) is 6.62. The summed E-state index contributed by atoms with van der Waals surface area (Å²) < 4.78 is 0. The summed E-state index contributed by atoms with van der Waals surface area (Å²) in [7, 11) is 0. The smallest absolute Gasteiger partial charge is 0.337 e. The van der Waals surface area contributed by atoms with Gasteiger partial charge in [0.1, 0.15) is 5.82 Å². The minimum atomic E-state index is -0.952. The van der Waals surface area contributed by atoms with E-state index in [4.69, 9.17) is 5.11 Å². The minimum absolute atomic E-state index is 0.210. The summed E-state index contributed by atoms with van der Waals surface area (Å²) in [6, 6.07) is 9.50. The van der Waals surface area contributed by atoms with Crippen molar-refractivity contribution in [1.29, 1.82) is 0 Å². The van der Waals surface area contributed by atoms with Crippen LogP contribution in [-0.2, 0) is 0 Å². The van der Waals surface area contributed by atoms with Gasteiger partial charge in [0.2, 0.25) is 0 Å². The predicted molar refractivity (Wildman–Crippen MR) is 74.8 cm³/mol. The van der Waals surface area contributed by atoms with Crippen molar-refractivity contribution in [3.63, 3.8) is 0 Å². The SMILES string of the molecule is O=C(O)c1ccc(N2CCCC2c2ccccn2)nc1. The molecule has 0 aliphatic carbocycles. The molecule has 5 nitrogen and oxygen atoms in total. The standard InChI is InChI=1S/C15H15N3O2/c19-15(20)11-6-7-14(17-10-11)18-9-3-5-13(18)12-4-1-2-8-16-12/h1-2,4,6-8,10,13H,3,5,9H2,(H,19,20). The van der Waals surface area contributed by atoms with E-state index in [1.165, 1.54) is 6.20 Å². The molecule has 1 atom stereocenters. The molecule has 3 heterocycles. The first kappa shape index (κ1) is 12.6. The average Bonchev–Trinajstić information content (AvgIpc) is 2.97. The Morgan fingerprint density at radius 3 is 2.80 bits per heavy atom. The number of aromatic nitrogens is 2. The molecule has 1 N–H and O–H groups in total. The lowest BCUT2D eigenvalue weighted by molar-refractivity contribution is 0.0696. The molecular formula is C15H15N3O2. The third kappa shape index (κ3) is 2.34. The van der Waals surface area contributed by atoms with Gasteiger partial charge in [-0.3, -0.25) is 4.98 Å².